The van der Waals surface area contributed by atoms with E-state index in [-0.39, 0.29) is 5.92 Å². The number of rotatable bonds is 2. The number of allylic oxidation sites excluding steroid dienone is 2. The van der Waals surface area contributed by atoms with Crippen LogP contribution in [0.3, 0.4) is 0 Å². The molecule has 0 amide bonds. The SMILES string of the molecule is O=C(c1ccccc1)[C@@H]1C[C@H]2C=C[C@H]1C2. The predicted molar refractivity (Wildman–Crippen MR) is 59.6 cm³/mol. The molecule has 1 aromatic carbocycles. The van der Waals surface area contributed by atoms with E-state index in [1.807, 2.05) is 30.3 Å². The minimum absolute atomic E-state index is 0.252. The number of carbonyl (C=O) groups is 1. The molecule has 0 N–H and O–H groups in total. The fraction of sp³-hybridized carbons (Fsp3) is 0.357. The zero-order valence-electron chi connectivity index (χ0n) is 8.60. The zero-order valence-corrected chi connectivity index (χ0v) is 8.60. The van der Waals surface area contributed by atoms with Crippen molar-refractivity contribution < 1.29 is 4.79 Å². The highest BCUT2D eigenvalue weighted by atomic mass is 16.1. The lowest BCUT2D eigenvalue weighted by molar-refractivity contribution is 0.0901. The van der Waals surface area contributed by atoms with Crippen LogP contribution in [0.15, 0.2) is 42.5 Å². The van der Waals surface area contributed by atoms with Crippen LogP contribution in [0.25, 0.3) is 0 Å². The molecular weight excluding hydrogens is 184 g/mol. The van der Waals surface area contributed by atoms with Gasteiger partial charge in [-0.15, -0.1) is 0 Å². The van der Waals surface area contributed by atoms with E-state index in [1.54, 1.807) is 0 Å². The molecule has 1 fully saturated rings. The van der Waals surface area contributed by atoms with Crippen LogP contribution in [0.4, 0.5) is 0 Å². The predicted octanol–water partition coefficient (Wildman–Crippen LogP) is 3.08. The van der Waals surface area contributed by atoms with Gasteiger partial charge in [-0.3, -0.25) is 4.79 Å². The van der Waals surface area contributed by atoms with Gasteiger partial charge >= 0.3 is 0 Å². The van der Waals surface area contributed by atoms with Crippen molar-refractivity contribution in [2.24, 2.45) is 17.8 Å². The molecule has 1 heteroatoms. The van der Waals surface area contributed by atoms with E-state index in [0.717, 1.165) is 12.0 Å². The second-order valence-electron chi connectivity index (χ2n) is 4.62. The van der Waals surface area contributed by atoms with E-state index >= 15 is 0 Å². The third-order valence-electron chi connectivity index (χ3n) is 3.67. The summed E-state index contributed by atoms with van der Waals surface area (Å²) in [5, 5.41) is 0. The minimum atomic E-state index is 0.252. The van der Waals surface area contributed by atoms with Crippen LogP contribution in [-0.2, 0) is 0 Å². The van der Waals surface area contributed by atoms with Gasteiger partial charge in [0.05, 0.1) is 0 Å². The summed E-state index contributed by atoms with van der Waals surface area (Å²) in [7, 11) is 0. The van der Waals surface area contributed by atoms with Gasteiger partial charge in [-0.05, 0) is 24.7 Å². The fourth-order valence-corrected chi connectivity index (χ4v) is 2.90. The van der Waals surface area contributed by atoms with Gasteiger partial charge in [-0.1, -0.05) is 42.5 Å². The summed E-state index contributed by atoms with van der Waals surface area (Å²) in [6.45, 7) is 0. The molecule has 2 aliphatic rings. The summed E-state index contributed by atoms with van der Waals surface area (Å²) in [5.74, 6) is 1.78. The van der Waals surface area contributed by atoms with Crippen molar-refractivity contribution in [2.75, 3.05) is 0 Å². The van der Waals surface area contributed by atoms with E-state index in [2.05, 4.69) is 12.2 Å². The number of hydrogen-bond donors (Lipinski definition) is 0. The van der Waals surface area contributed by atoms with Gasteiger partial charge in [-0.25, -0.2) is 0 Å². The highest BCUT2D eigenvalue weighted by molar-refractivity contribution is 5.98. The molecule has 76 valence electrons. The third kappa shape index (κ3) is 1.43. The Hall–Kier alpha value is -1.37. The molecule has 0 saturated heterocycles. The topological polar surface area (TPSA) is 17.1 Å². The average Bonchev–Trinajstić information content (AvgIpc) is 2.91. The van der Waals surface area contributed by atoms with Crippen molar-refractivity contribution in [1.29, 1.82) is 0 Å². The first-order valence-corrected chi connectivity index (χ1v) is 5.62. The molecule has 0 unspecified atom stereocenters. The minimum Gasteiger partial charge on any atom is -0.294 e. The van der Waals surface area contributed by atoms with E-state index in [9.17, 15) is 4.79 Å². The van der Waals surface area contributed by atoms with Crippen molar-refractivity contribution in [2.45, 2.75) is 12.8 Å². The Bertz CT molecular complexity index is 405. The van der Waals surface area contributed by atoms with Crippen LogP contribution in [0, 0.1) is 17.8 Å². The van der Waals surface area contributed by atoms with Crippen LogP contribution in [0.2, 0.25) is 0 Å². The molecular formula is C14H14O. The largest absolute Gasteiger partial charge is 0.294 e. The van der Waals surface area contributed by atoms with Crippen LogP contribution >= 0.6 is 0 Å². The van der Waals surface area contributed by atoms with Crippen molar-refractivity contribution in [1.82, 2.24) is 0 Å². The van der Waals surface area contributed by atoms with Crippen LogP contribution in [-0.4, -0.2) is 5.78 Å². The van der Waals surface area contributed by atoms with Crippen molar-refractivity contribution in [3.63, 3.8) is 0 Å². The number of carbonyl (C=O) groups excluding carboxylic acids is 1. The zero-order chi connectivity index (χ0) is 10.3. The van der Waals surface area contributed by atoms with Crippen molar-refractivity contribution >= 4 is 5.78 Å². The number of hydrogen-bond acceptors (Lipinski definition) is 1. The van der Waals surface area contributed by atoms with Gasteiger partial charge in [-0.2, -0.15) is 0 Å². The Labute approximate surface area is 89.8 Å². The monoisotopic (exact) mass is 198 g/mol. The van der Waals surface area contributed by atoms with E-state index in [4.69, 9.17) is 0 Å². The van der Waals surface area contributed by atoms with E-state index < -0.39 is 0 Å². The first-order valence-electron chi connectivity index (χ1n) is 5.62. The van der Waals surface area contributed by atoms with Gasteiger partial charge in [0.15, 0.2) is 5.78 Å². The summed E-state index contributed by atoms with van der Waals surface area (Å²) in [4.78, 5) is 12.2. The fourth-order valence-electron chi connectivity index (χ4n) is 2.90. The van der Waals surface area contributed by atoms with Gasteiger partial charge in [0.2, 0.25) is 0 Å². The first-order chi connectivity index (χ1) is 7.34. The molecule has 1 nitrogen and oxygen atoms in total. The molecule has 1 aromatic rings. The number of Topliss-reactive ketones (excluding diaryl/α,β-unsaturated/α-hetero) is 1. The maximum atomic E-state index is 12.2. The average molecular weight is 198 g/mol. The van der Waals surface area contributed by atoms with Crippen molar-refractivity contribution in [3.8, 4) is 0 Å². The van der Waals surface area contributed by atoms with Crippen LogP contribution in [0.5, 0.6) is 0 Å². The summed E-state index contributed by atoms with van der Waals surface area (Å²) < 4.78 is 0. The molecule has 0 aromatic heterocycles. The standard InChI is InChI=1S/C14H14O/c15-14(11-4-2-1-3-5-11)13-9-10-6-7-12(13)8-10/h1-7,10,12-13H,8-9H2/t10-,12-,13+/m0/s1. The van der Waals surface area contributed by atoms with Crippen LogP contribution in [0.1, 0.15) is 23.2 Å². The molecule has 3 rings (SSSR count). The molecule has 0 aliphatic heterocycles. The maximum Gasteiger partial charge on any atom is 0.166 e. The smallest absolute Gasteiger partial charge is 0.166 e. The van der Waals surface area contributed by atoms with Gasteiger partial charge in [0, 0.05) is 11.5 Å². The molecule has 0 radical (unpaired) electrons. The second-order valence-corrected chi connectivity index (χ2v) is 4.62. The summed E-state index contributed by atoms with van der Waals surface area (Å²) in [6, 6.07) is 9.69. The molecule has 1 saturated carbocycles. The second kappa shape index (κ2) is 3.34. The normalized spacial score (nSPS) is 32.1. The quantitative estimate of drug-likeness (QED) is 0.527. The summed E-state index contributed by atoms with van der Waals surface area (Å²) in [6.07, 6.45) is 6.78. The Morgan fingerprint density at radius 3 is 2.47 bits per heavy atom. The Balaban J connectivity index is 1.85. The molecule has 0 spiro atoms. The van der Waals surface area contributed by atoms with Gasteiger partial charge < -0.3 is 0 Å². The van der Waals surface area contributed by atoms with Crippen molar-refractivity contribution in [3.05, 3.63) is 48.0 Å². The van der Waals surface area contributed by atoms with E-state index in [1.165, 1.54) is 6.42 Å². The Morgan fingerprint density at radius 2 is 1.87 bits per heavy atom. The lowest BCUT2D eigenvalue weighted by Gasteiger charge is -2.16. The Kier molecular flexibility index (Phi) is 1.98. The Morgan fingerprint density at radius 1 is 1.07 bits per heavy atom. The summed E-state index contributed by atoms with van der Waals surface area (Å²) in [5.41, 5.74) is 0.878. The number of benzene rings is 1. The van der Waals surface area contributed by atoms with Gasteiger partial charge in [0.1, 0.15) is 0 Å². The molecule has 0 heterocycles. The first kappa shape index (κ1) is 8.90. The molecule has 2 bridgehead atoms. The highest BCUT2D eigenvalue weighted by Crippen LogP contribution is 2.44. The molecule has 3 atom stereocenters. The van der Waals surface area contributed by atoms with Crippen LogP contribution < -0.4 is 0 Å². The number of fused-ring (bicyclic) bond motifs is 2. The lowest BCUT2D eigenvalue weighted by atomic mass is 9.86. The number of ketones is 1. The molecule has 2 aliphatic carbocycles. The maximum absolute atomic E-state index is 12.2. The third-order valence-corrected chi connectivity index (χ3v) is 3.67. The summed E-state index contributed by atoms with van der Waals surface area (Å²) >= 11 is 0. The lowest BCUT2D eigenvalue weighted by Crippen LogP contribution is -2.18. The van der Waals surface area contributed by atoms with E-state index in [0.29, 0.717) is 17.6 Å². The van der Waals surface area contributed by atoms with Gasteiger partial charge in [0.25, 0.3) is 0 Å². The highest BCUT2D eigenvalue weighted by Gasteiger charge is 2.39. The molecule has 15 heavy (non-hydrogen) atoms.